The van der Waals surface area contributed by atoms with Gasteiger partial charge in [0.25, 0.3) is 11.1 Å². The van der Waals surface area contributed by atoms with Gasteiger partial charge in [-0.2, -0.15) is 0 Å². The SMILES string of the molecule is O=C(/C=C1\SC(=O)NC1=O)Nc1ccc(Cl)c(Cl)c1. The summed E-state index contributed by atoms with van der Waals surface area (Å²) in [5.74, 6) is -1.12. The first-order chi connectivity index (χ1) is 8.95. The summed E-state index contributed by atoms with van der Waals surface area (Å²) in [6.45, 7) is 0. The molecular weight excluding hydrogens is 311 g/mol. The summed E-state index contributed by atoms with van der Waals surface area (Å²) in [4.78, 5) is 33.8. The van der Waals surface area contributed by atoms with Crippen molar-refractivity contribution in [1.29, 1.82) is 0 Å². The second kappa shape index (κ2) is 5.64. The minimum Gasteiger partial charge on any atom is -0.322 e. The van der Waals surface area contributed by atoms with E-state index in [0.29, 0.717) is 27.5 Å². The van der Waals surface area contributed by atoms with Crippen LogP contribution < -0.4 is 10.6 Å². The fourth-order valence-electron chi connectivity index (χ4n) is 1.29. The number of carbonyl (C=O) groups excluding carboxylic acids is 3. The van der Waals surface area contributed by atoms with E-state index in [-0.39, 0.29) is 4.91 Å². The van der Waals surface area contributed by atoms with Crippen molar-refractivity contribution in [2.45, 2.75) is 0 Å². The van der Waals surface area contributed by atoms with Gasteiger partial charge < -0.3 is 5.32 Å². The van der Waals surface area contributed by atoms with Crippen molar-refractivity contribution in [3.8, 4) is 0 Å². The Morgan fingerprint density at radius 2 is 2.00 bits per heavy atom. The normalized spacial score (nSPS) is 16.6. The zero-order chi connectivity index (χ0) is 14.0. The molecule has 1 aliphatic rings. The van der Waals surface area contributed by atoms with Crippen molar-refractivity contribution in [2.75, 3.05) is 5.32 Å². The van der Waals surface area contributed by atoms with Gasteiger partial charge >= 0.3 is 0 Å². The van der Waals surface area contributed by atoms with Crippen LogP contribution in [0, 0.1) is 0 Å². The number of hydrogen-bond acceptors (Lipinski definition) is 4. The van der Waals surface area contributed by atoms with Gasteiger partial charge in [0.1, 0.15) is 0 Å². The summed E-state index contributed by atoms with van der Waals surface area (Å²) >= 11 is 12.2. The fourth-order valence-corrected chi connectivity index (χ4v) is 2.24. The Kier molecular flexibility index (Phi) is 4.14. The Morgan fingerprint density at radius 1 is 1.26 bits per heavy atom. The second-order valence-electron chi connectivity index (χ2n) is 3.47. The molecule has 3 amide bonds. The molecule has 0 atom stereocenters. The maximum absolute atomic E-state index is 11.6. The van der Waals surface area contributed by atoms with E-state index in [4.69, 9.17) is 23.2 Å². The number of hydrogen-bond donors (Lipinski definition) is 2. The molecule has 8 heteroatoms. The largest absolute Gasteiger partial charge is 0.322 e. The topological polar surface area (TPSA) is 75.3 Å². The summed E-state index contributed by atoms with van der Waals surface area (Å²) in [7, 11) is 0. The summed E-state index contributed by atoms with van der Waals surface area (Å²) in [5, 5.41) is 4.73. The molecule has 0 spiro atoms. The van der Waals surface area contributed by atoms with Crippen molar-refractivity contribution in [1.82, 2.24) is 5.32 Å². The molecule has 1 aromatic rings. The third-order valence-electron chi connectivity index (χ3n) is 2.09. The van der Waals surface area contributed by atoms with Crippen molar-refractivity contribution in [3.05, 3.63) is 39.2 Å². The molecule has 1 heterocycles. The lowest BCUT2D eigenvalue weighted by Gasteiger charge is -2.03. The first-order valence-corrected chi connectivity index (χ1v) is 6.54. The van der Waals surface area contributed by atoms with Crippen molar-refractivity contribution < 1.29 is 14.4 Å². The second-order valence-corrected chi connectivity index (χ2v) is 5.30. The first kappa shape index (κ1) is 13.9. The van der Waals surface area contributed by atoms with Gasteiger partial charge in [-0.15, -0.1) is 0 Å². The van der Waals surface area contributed by atoms with E-state index in [0.717, 1.165) is 6.08 Å². The third kappa shape index (κ3) is 3.50. The van der Waals surface area contributed by atoms with Gasteiger partial charge in [-0.05, 0) is 30.0 Å². The molecule has 0 aliphatic carbocycles. The minimum atomic E-state index is -0.584. The molecule has 1 aromatic carbocycles. The number of benzene rings is 1. The van der Waals surface area contributed by atoms with Gasteiger partial charge in [0.05, 0.1) is 15.0 Å². The lowest BCUT2D eigenvalue weighted by molar-refractivity contribution is -0.116. The Balaban J connectivity index is 2.09. The molecule has 1 saturated heterocycles. The number of rotatable bonds is 2. The number of nitrogens with one attached hydrogen (secondary N) is 2. The molecule has 0 bridgehead atoms. The molecule has 2 rings (SSSR count). The molecular formula is C11H6Cl2N2O3S. The quantitative estimate of drug-likeness (QED) is 0.823. The average molecular weight is 317 g/mol. The third-order valence-corrected chi connectivity index (χ3v) is 3.64. The van der Waals surface area contributed by atoms with Crippen LogP contribution in [0.4, 0.5) is 10.5 Å². The summed E-state index contributed by atoms with van der Waals surface area (Å²) in [6, 6.07) is 4.58. The molecule has 1 aliphatic heterocycles. The predicted octanol–water partition coefficient (Wildman–Crippen LogP) is 2.80. The molecule has 0 radical (unpaired) electrons. The smallest absolute Gasteiger partial charge is 0.290 e. The monoisotopic (exact) mass is 316 g/mol. The van der Waals surface area contributed by atoms with Crippen molar-refractivity contribution >= 4 is 57.7 Å². The molecule has 0 unspecified atom stereocenters. The molecule has 2 N–H and O–H groups in total. The molecule has 0 aromatic heterocycles. The highest BCUT2D eigenvalue weighted by atomic mass is 35.5. The molecule has 98 valence electrons. The highest BCUT2D eigenvalue weighted by molar-refractivity contribution is 8.18. The number of thioether (sulfide) groups is 1. The number of carbonyl (C=O) groups is 3. The number of anilines is 1. The molecule has 5 nitrogen and oxygen atoms in total. The Labute approximate surface area is 122 Å². The zero-order valence-corrected chi connectivity index (χ0v) is 11.5. The highest BCUT2D eigenvalue weighted by Gasteiger charge is 2.25. The Bertz CT molecular complexity index is 616. The van der Waals surface area contributed by atoms with Crippen LogP contribution in [-0.4, -0.2) is 17.1 Å². The van der Waals surface area contributed by atoms with Gasteiger partial charge in [0.15, 0.2) is 0 Å². The predicted molar refractivity (Wildman–Crippen MR) is 74.3 cm³/mol. The number of halogens is 2. The van der Waals surface area contributed by atoms with E-state index in [1.807, 2.05) is 0 Å². The lowest BCUT2D eigenvalue weighted by atomic mass is 10.3. The average Bonchev–Trinajstić information content (AvgIpc) is 2.62. The van der Waals surface area contributed by atoms with E-state index in [1.165, 1.54) is 12.1 Å². The molecule has 0 saturated carbocycles. The summed E-state index contributed by atoms with van der Waals surface area (Å²) in [6.07, 6.45) is 1.05. The Hall–Kier alpha value is -1.50. The minimum absolute atomic E-state index is 0.0440. The van der Waals surface area contributed by atoms with Gasteiger partial charge in [-0.25, -0.2) is 0 Å². The highest BCUT2D eigenvalue weighted by Crippen LogP contribution is 2.26. The van der Waals surface area contributed by atoms with Gasteiger partial charge in [0, 0.05) is 11.8 Å². The van der Waals surface area contributed by atoms with E-state index < -0.39 is 17.1 Å². The van der Waals surface area contributed by atoms with Gasteiger partial charge in [-0.1, -0.05) is 23.2 Å². The van der Waals surface area contributed by atoms with E-state index >= 15 is 0 Å². The van der Waals surface area contributed by atoms with Crippen molar-refractivity contribution in [2.24, 2.45) is 0 Å². The lowest BCUT2D eigenvalue weighted by Crippen LogP contribution is -2.18. The first-order valence-electron chi connectivity index (χ1n) is 4.96. The van der Waals surface area contributed by atoms with E-state index in [2.05, 4.69) is 10.6 Å². The standard InChI is InChI=1S/C11H6Cl2N2O3S/c12-6-2-1-5(3-7(6)13)14-9(16)4-8-10(17)15-11(18)19-8/h1-4H,(H,14,16)(H,15,17,18)/b8-4-. The van der Waals surface area contributed by atoms with Crippen LogP contribution >= 0.6 is 35.0 Å². The van der Waals surface area contributed by atoms with Crippen LogP contribution in [0.5, 0.6) is 0 Å². The van der Waals surface area contributed by atoms with Crippen LogP contribution in [0.2, 0.25) is 10.0 Å². The van der Waals surface area contributed by atoms with Gasteiger partial charge in [-0.3, -0.25) is 19.7 Å². The van der Waals surface area contributed by atoms with E-state index in [9.17, 15) is 14.4 Å². The van der Waals surface area contributed by atoms with Crippen LogP contribution in [0.1, 0.15) is 0 Å². The Morgan fingerprint density at radius 3 is 2.58 bits per heavy atom. The van der Waals surface area contributed by atoms with Crippen LogP contribution in [0.25, 0.3) is 0 Å². The molecule has 1 fully saturated rings. The van der Waals surface area contributed by atoms with Crippen LogP contribution in [-0.2, 0) is 9.59 Å². The maximum Gasteiger partial charge on any atom is 0.290 e. The van der Waals surface area contributed by atoms with E-state index in [1.54, 1.807) is 6.07 Å². The maximum atomic E-state index is 11.6. The zero-order valence-electron chi connectivity index (χ0n) is 9.20. The summed E-state index contributed by atoms with van der Waals surface area (Å²) in [5.41, 5.74) is 0.436. The van der Waals surface area contributed by atoms with Crippen LogP contribution in [0.15, 0.2) is 29.2 Å². The van der Waals surface area contributed by atoms with Crippen molar-refractivity contribution in [3.63, 3.8) is 0 Å². The number of amides is 3. The summed E-state index contributed by atoms with van der Waals surface area (Å²) < 4.78 is 0. The number of imide groups is 1. The fraction of sp³-hybridized carbons (Fsp3) is 0. The van der Waals surface area contributed by atoms with Gasteiger partial charge in [0.2, 0.25) is 5.91 Å². The van der Waals surface area contributed by atoms with Crippen LogP contribution in [0.3, 0.4) is 0 Å². The molecule has 19 heavy (non-hydrogen) atoms.